The Hall–Kier alpha value is -2.60. The second-order valence-electron chi connectivity index (χ2n) is 9.62. The summed E-state index contributed by atoms with van der Waals surface area (Å²) in [5.41, 5.74) is 6.23. The van der Waals surface area contributed by atoms with Crippen LogP contribution in [0.25, 0.3) is 11.1 Å². The van der Waals surface area contributed by atoms with Gasteiger partial charge in [-0.05, 0) is 102 Å². The van der Waals surface area contributed by atoms with E-state index in [1.807, 2.05) is 30.3 Å². The Morgan fingerprint density at radius 1 is 0.919 bits per heavy atom. The van der Waals surface area contributed by atoms with Crippen LogP contribution in [0.15, 0.2) is 60.7 Å². The normalized spacial score (nSPS) is 18.0. The Morgan fingerprint density at radius 2 is 1.70 bits per heavy atom. The maximum atomic E-state index is 13.0. The van der Waals surface area contributed by atoms with E-state index in [-0.39, 0.29) is 18.5 Å². The van der Waals surface area contributed by atoms with Crippen LogP contribution in [0.5, 0.6) is 11.5 Å². The van der Waals surface area contributed by atoms with Crippen molar-refractivity contribution in [1.29, 1.82) is 0 Å². The van der Waals surface area contributed by atoms with E-state index in [0.717, 1.165) is 84.5 Å². The van der Waals surface area contributed by atoms with Crippen molar-refractivity contribution in [3.8, 4) is 11.5 Å². The fraction of sp³-hybridized carbons (Fsp3) is 0.333. The van der Waals surface area contributed by atoms with Crippen molar-refractivity contribution in [3.63, 3.8) is 0 Å². The molecule has 2 aliphatic rings. The minimum absolute atomic E-state index is 0.103. The molecule has 0 spiro atoms. The lowest BCUT2D eigenvalue weighted by atomic mass is 9.88. The van der Waals surface area contributed by atoms with Crippen molar-refractivity contribution in [3.05, 3.63) is 93.0 Å². The molecule has 1 aliphatic heterocycles. The first-order chi connectivity index (χ1) is 18.1. The maximum Gasteiger partial charge on any atom is 0.172 e. The Morgan fingerprint density at radius 3 is 2.46 bits per heavy atom. The average Bonchev–Trinajstić information content (AvgIpc) is 3.26. The molecular formula is C30H29Cl2F2NO2. The Kier molecular flexibility index (Phi) is 8.33. The van der Waals surface area contributed by atoms with E-state index < -0.39 is 0 Å². The van der Waals surface area contributed by atoms with E-state index in [2.05, 4.69) is 22.0 Å². The standard InChI is InChI=1S/C30H29Cl2F2NO2/c31-22-7-11-27(29(32)18-22)28-4-1-3-21-17-24(37-34)10-12-26(21)30(28)20-5-8-23(9-6-20)36-25-13-16-35(19-25)15-2-14-33/h5-12,17-18,25H,1-4,13-16,19H2/t25-/m0/s1. The van der Waals surface area contributed by atoms with Crippen molar-refractivity contribution >= 4 is 34.3 Å². The van der Waals surface area contributed by atoms with E-state index >= 15 is 0 Å². The molecule has 0 N–H and O–H groups in total. The van der Waals surface area contributed by atoms with Gasteiger partial charge in [0.15, 0.2) is 5.75 Å². The summed E-state index contributed by atoms with van der Waals surface area (Å²) in [7, 11) is 0. The van der Waals surface area contributed by atoms with Crippen LogP contribution in [0.2, 0.25) is 10.0 Å². The minimum Gasteiger partial charge on any atom is -0.489 e. The molecule has 0 radical (unpaired) electrons. The van der Waals surface area contributed by atoms with E-state index in [1.54, 1.807) is 18.2 Å². The number of benzene rings is 3. The number of fused-ring (bicyclic) bond motifs is 1. The van der Waals surface area contributed by atoms with Crippen LogP contribution in [-0.4, -0.2) is 37.3 Å². The topological polar surface area (TPSA) is 21.7 Å². The van der Waals surface area contributed by atoms with Gasteiger partial charge in [-0.2, -0.15) is 0 Å². The van der Waals surface area contributed by atoms with Crippen molar-refractivity contribution in [2.45, 2.75) is 38.2 Å². The predicted molar refractivity (Wildman–Crippen MR) is 146 cm³/mol. The molecule has 0 aromatic heterocycles. The zero-order valence-electron chi connectivity index (χ0n) is 20.5. The third-order valence-electron chi connectivity index (χ3n) is 7.15. The number of alkyl halides is 1. The highest BCUT2D eigenvalue weighted by atomic mass is 35.5. The lowest BCUT2D eigenvalue weighted by Crippen LogP contribution is -2.26. The summed E-state index contributed by atoms with van der Waals surface area (Å²) in [6.07, 6.45) is 4.11. The zero-order chi connectivity index (χ0) is 25.8. The van der Waals surface area contributed by atoms with E-state index in [4.69, 9.17) is 27.9 Å². The highest BCUT2D eigenvalue weighted by Crippen LogP contribution is 2.43. The molecule has 0 unspecified atom stereocenters. The summed E-state index contributed by atoms with van der Waals surface area (Å²) in [6, 6.07) is 19.1. The molecule has 3 aromatic rings. The quantitative estimate of drug-likeness (QED) is 0.285. The number of halogens is 4. The molecule has 1 fully saturated rings. The van der Waals surface area contributed by atoms with Gasteiger partial charge in [-0.15, -0.1) is 0 Å². The Labute approximate surface area is 226 Å². The molecule has 0 saturated carbocycles. The van der Waals surface area contributed by atoms with Crippen LogP contribution in [0, 0.1) is 0 Å². The smallest absolute Gasteiger partial charge is 0.172 e. The molecule has 1 saturated heterocycles. The number of aryl methyl sites for hydroxylation is 1. The molecule has 0 amide bonds. The van der Waals surface area contributed by atoms with Crippen LogP contribution in [0.3, 0.4) is 0 Å². The fourth-order valence-electron chi connectivity index (χ4n) is 5.42. The molecule has 1 heterocycles. The number of hydrogen-bond donors (Lipinski definition) is 0. The van der Waals surface area contributed by atoms with Crippen molar-refractivity contribution in [1.82, 2.24) is 4.90 Å². The molecule has 7 heteroatoms. The molecule has 1 atom stereocenters. The lowest BCUT2D eigenvalue weighted by molar-refractivity contribution is -0.00629. The fourth-order valence-corrected chi connectivity index (χ4v) is 5.94. The van der Waals surface area contributed by atoms with Crippen molar-refractivity contribution in [2.75, 3.05) is 26.3 Å². The molecule has 0 bridgehead atoms. The summed E-state index contributed by atoms with van der Waals surface area (Å²) in [4.78, 5) is 6.28. The number of nitrogens with zero attached hydrogens (tertiary/aromatic N) is 1. The number of ether oxygens (including phenoxy) is 1. The highest BCUT2D eigenvalue weighted by molar-refractivity contribution is 6.36. The van der Waals surface area contributed by atoms with Gasteiger partial charge in [0.25, 0.3) is 0 Å². The predicted octanol–water partition coefficient (Wildman–Crippen LogP) is 8.36. The summed E-state index contributed by atoms with van der Waals surface area (Å²) >= 11 is 12.9. The third kappa shape index (κ3) is 5.95. The molecular weight excluding hydrogens is 515 g/mol. The Bertz CT molecular complexity index is 1280. The lowest BCUT2D eigenvalue weighted by Gasteiger charge is -2.19. The van der Waals surface area contributed by atoms with Crippen LogP contribution < -0.4 is 9.68 Å². The van der Waals surface area contributed by atoms with E-state index in [9.17, 15) is 8.92 Å². The molecule has 5 rings (SSSR count). The van der Waals surface area contributed by atoms with Gasteiger partial charge in [0.05, 0.1) is 6.67 Å². The molecule has 194 valence electrons. The van der Waals surface area contributed by atoms with Crippen LogP contribution in [0.4, 0.5) is 8.92 Å². The van der Waals surface area contributed by atoms with Gasteiger partial charge in [-0.3, -0.25) is 14.2 Å². The maximum absolute atomic E-state index is 13.0. The summed E-state index contributed by atoms with van der Waals surface area (Å²) < 4.78 is 31.7. The molecule has 37 heavy (non-hydrogen) atoms. The van der Waals surface area contributed by atoms with Gasteiger partial charge in [0.1, 0.15) is 11.9 Å². The van der Waals surface area contributed by atoms with Gasteiger partial charge in [0, 0.05) is 34.2 Å². The average molecular weight is 544 g/mol. The van der Waals surface area contributed by atoms with Gasteiger partial charge in [-0.25, -0.2) is 0 Å². The van der Waals surface area contributed by atoms with E-state index in [1.165, 1.54) is 0 Å². The van der Waals surface area contributed by atoms with Crippen molar-refractivity contribution < 1.29 is 18.6 Å². The second kappa shape index (κ2) is 11.8. The van der Waals surface area contributed by atoms with Crippen molar-refractivity contribution in [2.24, 2.45) is 0 Å². The zero-order valence-corrected chi connectivity index (χ0v) is 22.0. The van der Waals surface area contributed by atoms with E-state index in [0.29, 0.717) is 16.5 Å². The first-order valence-electron chi connectivity index (χ1n) is 12.7. The molecule has 3 aromatic carbocycles. The molecule has 3 nitrogen and oxygen atoms in total. The monoisotopic (exact) mass is 543 g/mol. The van der Waals surface area contributed by atoms with Crippen LogP contribution >= 0.6 is 23.2 Å². The van der Waals surface area contributed by atoms with Crippen LogP contribution in [-0.2, 0) is 6.42 Å². The SMILES string of the molecule is FCCCN1CC[C@H](Oc2ccc(C3=C(c4ccc(Cl)cc4Cl)CCCc4cc(OF)ccc43)cc2)C1. The first-order valence-corrected chi connectivity index (χ1v) is 13.5. The molecule has 1 aliphatic carbocycles. The second-order valence-corrected chi connectivity index (χ2v) is 10.5. The van der Waals surface area contributed by atoms with Gasteiger partial charge in [0.2, 0.25) is 0 Å². The Balaban J connectivity index is 1.49. The van der Waals surface area contributed by atoms with Crippen LogP contribution in [0.1, 0.15) is 47.9 Å². The summed E-state index contributed by atoms with van der Waals surface area (Å²) in [5.74, 6) is 1.01. The highest BCUT2D eigenvalue weighted by Gasteiger charge is 2.25. The first kappa shape index (κ1) is 26.0. The minimum atomic E-state index is -0.284. The number of allylic oxidation sites excluding steroid dienone is 1. The number of likely N-dealkylation sites (tertiary alicyclic amines) is 1. The number of hydrogen-bond acceptors (Lipinski definition) is 3. The van der Waals surface area contributed by atoms with Gasteiger partial charge in [-0.1, -0.05) is 47.5 Å². The van der Waals surface area contributed by atoms with Gasteiger partial charge >= 0.3 is 0 Å². The number of rotatable bonds is 8. The summed E-state index contributed by atoms with van der Waals surface area (Å²) in [6.45, 7) is 2.24. The largest absolute Gasteiger partial charge is 0.489 e. The van der Waals surface area contributed by atoms with Gasteiger partial charge < -0.3 is 4.74 Å². The summed E-state index contributed by atoms with van der Waals surface area (Å²) in [5, 5.41) is 1.19. The third-order valence-corrected chi connectivity index (χ3v) is 7.70.